The third-order valence-electron chi connectivity index (χ3n) is 2.60. The van der Waals surface area contributed by atoms with Gasteiger partial charge in [0.2, 0.25) is 0 Å². The predicted octanol–water partition coefficient (Wildman–Crippen LogP) is 4.62. The zero-order chi connectivity index (χ0) is 25.3. The Kier molecular flexibility index (Phi) is 34.1. The maximum Gasteiger partial charge on any atom is 0.0997 e. The van der Waals surface area contributed by atoms with Crippen molar-refractivity contribution < 1.29 is 0 Å². The fourth-order valence-corrected chi connectivity index (χ4v) is 3.66. The minimum absolute atomic E-state index is 0.139. The zero-order valence-corrected chi connectivity index (χ0v) is 32.0. The molecule has 0 aliphatic rings. The van der Waals surface area contributed by atoms with Crippen LogP contribution in [0.15, 0.2) is 60.7 Å². The average Bonchev–Trinajstić information content (AvgIpc) is 2.70. The minimum atomic E-state index is -0.919. The summed E-state index contributed by atoms with van der Waals surface area (Å²) < 4.78 is 0. The van der Waals surface area contributed by atoms with E-state index in [-0.39, 0.29) is 8.80 Å². The molecular formula is C25H58Si6. The van der Waals surface area contributed by atoms with Gasteiger partial charge in [-0.15, -0.1) is 0 Å². The van der Waals surface area contributed by atoms with Gasteiger partial charge in [-0.3, -0.25) is 0 Å². The molecule has 182 valence electrons. The van der Waals surface area contributed by atoms with Crippen LogP contribution in [0.2, 0.25) is 85.1 Å². The largest absolute Gasteiger partial charge is 0.0997 e. The maximum absolute atomic E-state index is 2.38. The Balaban J connectivity index is -0.000000179. The molecule has 0 aliphatic carbocycles. The Morgan fingerprint density at radius 1 is 0.581 bits per heavy atom. The lowest BCUT2D eigenvalue weighted by Gasteiger charge is -2.09. The summed E-state index contributed by atoms with van der Waals surface area (Å²) in [5, 5.41) is 3.03. The summed E-state index contributed by atoms with van der Waals surface area (Å²) in [6, 6.07) is 21.6. The van der Waals surface area contributed by atoms with E-state index in [4.69, 9.17) is 0 Å². The average molecular weight is 527 g/mol. The van der Waals surface area contributed by atoms with Gasteiger partial charge in [-0.2, -0.15) is 0 Å². The first-order chi connectivity index (χ1) is 14.4. The summed E-state index contributed by atoms with van der Waals surface area (Å²) >= 11 is 0. The molecule has 0 N–H and O–H groups in total. The summed E-state index contributed by atoms with van der Waals surface area (Å²) in [4.78, 5) is 0. The Hall–Kier alpha value is -0.259. The molecule has 0 saturated carbocycles. The van der Waals surface area contributed by atoms with Crippen molar-refractivity contribution in [3.8, 4) is 0 Å². The van der Waals surface area contributed by atoms with Gasteiger partial charge >= 0.3 is 0 Å². The molecule has 0 bridgehead atoms. The van der Waals surface area contributed by atoms with Gasteiger partial charge in [-0.1, -0.05) is 156 Å². The van der Waals surface area contributed by atoms with E-state index in [0.29, 0.717) is 19.0 Å². The fraction of sp³-hybridized carbons (Fsp3) is 0.520. The first kappa shape index (κ1) is 38.0. The van der Waals surface area contributed by atoms with Gasteiger partial charge in [-0.25, -0.2) is 0 Å². The second-order valence-corrected chi connectivity index (χ2v) is 24.8. The summed E-state index contributed by atoms with van der Waals surface area (Å²) in [5.41, 5.74) is 0. The minimum Gasteiger partial charge on any atom is -0.0777 e. The highest BCUT2D eigenvalue weighted by molar-refractivity contribution is 6.84. The Labute approximate surface area is 210 Å². The van der Waals surface area contributed by atoms with E-state index in [2.05, 4.69) is 146 Å². The first-order valence-electron chi connectivity index (χ1n) is 12.5. The molecule has 6 heteroatoms. The van der Waals surface area contributed by atoms with E-state index in [0.717, 1.165) is 0 Å². The van der Waals surface area contributed by atoms with Crippen LogP contribution in [-0.2, 0) is 0 Å². The van der Waals surface area contributed by atoms with Crippen molar-refractivity contribution in [3.05, 3.63) is 60.7 Å². The summed E-state index contributed by atoms with van der Waals surface area (Å²) in [7, 11) is 0.470. The second-order valence-electron chi connectivity index (χ2n) is 9.69. The molecule has 0 spiro atoms. The van der Waals surface area contributed by atoms with Crippen molar-refractivity contribution in [2.75, 3.05) is 0 Å². The zero-order valence-electron chi connectivity index (χ0n) is 23.8. The number of benzene rings is 2. The molecule has 0 fully saturated rings. The van der Waals surface area contributed by atoms with Crippen LogP contribution in [0.4, 0.5) is 0 Å². The van der Waals surface area contributed by atoms with E-state index < -0.39 is 16.9 Å². The molecule has 0 atom stereocenters. The van der Waals surface area contributed by atoms with Crippen molar-refractivity contribution in [1.82, 2.24) is 0 Å². The lowest BCUT2D eigenvalue weighted by Crippen LogP contribution is -2.38. The molecule has 0 nitrogen and oxygen atoms in total. The molecule has 2 aromatic carbocycles. The van der Waals surface area contributed by atoms with Crippen LogP contribution in [0.5, 0.6) is 0 Å². The smallest absolute Gasteiger partial charge is 0.0777 e. The SMILES string of the molecule is C[SiH2]C.C[SiH2]C.C[SiH3].C[SiH](C)C.C[SiH](c1ccccc1)c1ccccc1.C[Si](C)(C)C. The normalized spacial score (nSPS) is 9.26. The van der Waals surface area contributed by atoms with Gasteiger partial charge in [0.15, 0.2) is 0 Å². The standard InChI is InChI=1S/C13H14Si.C4H12Si.C3H10Si.2C2H8Si.CH6Si/c1-14(12-8-4-2-5-9-12)13-10-6-3-7-11-13;1-5(2,3)4;1-4(2)3;2*1-3-2;1-2/h2-11,14H,1H3;1-4H3;4H,1-3H3;2*3H2,1-2H3;1-2H3. The van der Waals surface area contributed by atoms with Crippen molar-refractivity contribution in [2.24, 2.45) is 0 Å². The van der Waals surface area contributed by atoms with E-state index in [1.807, 2.05) is 0 Å². The van der Waals surface area contributed by atoms with Crippen molar-refractivity contribution >= 4 is 65.3 Å². The molecular weight excluding hydrogens is 469 g/mol. The second kappa shape index (κ2) is 27.8. The Morgan fingerprint density at radius 2 is 0.742 bits per heavy atom. The highest BCUT2D eigenvalue weighted by Gasteiger charge is 2.07. The van der Waals surface area contributed by atoms with Gasteiger partial charge in [0.1, 0.15) is 0 Å². The topological polar surface area (TPSA) is 0 Å². The van der Waals surface area contributed by atoms with Crippen LogP contribution in [-0.4, -0.2) is 54.9 Å². The third-order valence-corrected chi connectivity index (χ3v) is 5.37. The van der Waals surface area contributed by atoms with Gasteiger partial charge in [-0.05, 0) is 10.2 Å². The number of rotatable bonds is 2. The van der Waals surface area contributed by atoms with E-state index in [1.165, 1.54) is 20.6 Å². The van der Waals surface area contributed by atoms with E-state index >= 15 is 0 Å². The van der Waals surface area contributed by atoms with Crippen LogP contribution < -0.4 is 10.4 Å². The fourth-order valence-electron chi connectivity index (χ4n) is 1.68. The Bertz CT molecular complexity index is 489. The molecule has 0 saturated heterocycles. The molecule has 0 aromatic heterocycles. The van der Waals surface area contributed by atoms with Crippen molar-refractivity contribution in [3.63, 3.8) is 0 Å². The molecule has 2 rings (SSSR count). The molecule has 0 radical (unpaired) electrons. The molecule has 0 unspecified atom stereocenters. The van der Waals surface area contributed by atoms with Crippen LogP contribution in [0.1, 0.15) is 0 Å². The van der Waals surface area contributed by atoms with E-state index in [1.54, 1.807) is 0 Å². The molecule has 0 heterocycles. The predicted molar refractivity (Wildman–Crippen MR) is 175 cm³/mol. The van der Waals surface area contributed by atoms with Gasteiger partial charge < -0.3 is 0 Å². The molecule has 2 aromatic rings. The lowest BCUT2D eigenvalue weighted by atomic mass is 10.4. The van der Waals surface area contributed by atoms with Gasteiger partial charge in [0, 0.05) is 35.9 Å². The highest BCUT2D eigenvalue weighted by Crippen LogP contribution is 1.94. The van der Waals surface area contributed by atoms with Gasteiger partial charge in [0.05, 0.1) is 8.80 Å². The number of hydrogen-bond acceptors (Lipinski definition) is 0. The summed E-state index contributed by atoms with van der Waals surface area (Å²) in [5.74, 6) is 0. The Morgan fingerprint density at radius 3 is 0.903 bits per heavy atom. The molecule has 0 aliphatic heterocycles. The molecule has 31 heavy (non-hydrogen) atoms. The number of hydrogen-bond donors (Lipinski definition) is 0. The van der Waals surface area contributed by atoms with Crippen molar-refractivity contribution in [2.45, 2.75) is 85.1 Å². The summed E-state index contributed by atoms with van der Waals surface area (Å²) in [6.45, 7) is 29.8. The van der Waals surface area contributed by atoms with Crippen LogP contribution >= 0.6 is 0 Å². The summed E-state index contributed by atoms with van der Waals surface area (Å²) in [6.07, 6.45) is 0. The quantitative estimate of drug-likeness (QED) is 0.501. The van der Waals surface area contributed by atoms with Crippen LogP contribution in [0.3, 0.4) is 0 Å². The maximum atomic E-state index is 2.38. The van der Waals surface area contributed by atoms with Gasteiger partial charge in [0.25, 0.3) is 0 Å². The van der Waals surface area contributed by atoms with Crippen molar-refractivity contribution in [1.29, 1.82) is 0 Å². The highest BCUT2D eigenvalue weighted by atomic mass is 28.3. The van der Waals surface area contributed by atoms with E-state index in [9.17, 15) is 0 Å². The molecule has 0 amide bonds. The van der Waals surface area contributed by atoms with Crippen LogP contribution in [0.25, 0.3) is 0 Å². The first-order valence-corrected chi connectivity index (χ1v) is 30.0. The van der Waals surface area contributed by atoms with Crippen LogP contribution in [0, 0.1) is 0 Å². The third kappa shape index (κ3) is 40.6. The monoisotopic (exact) mass is 526 g/mol. The lowest BCUT2D eigenvalue weighted by molar-refractivity contribution is 1.71.